The van der Waals surface area contributed by atoms with Gasteiger partial charge >= 0.3 is 0 Å². The number of benzene rings is 1. The van der Waals surface area contributed by atoms with Crippen LogP contribution in [0.15, 0.2) is 12.1 Å². The van der Waals surface area contributed by atoms with Gasteiger partial charge in [-0.2, -0.15) is 0 Å². The standard InChI is InChI=1S/C9H8Cl2O/c1-5-2-6-3-7(10)4-8(11)9(6)12-5/h3-5H,2H2,1H3. The van der Waals surface area contributed by atoms with Crippen molar-refractivity contribution >= 4 is 23.2 Å². The first-order valence-electron chi connectivity index (χ1n) is 3.81. The van der Waals surface area contributed by atoms with Gasteiger partial charge in [0.1, 0.15) is 11.9 Å². The maximum absolute atomic E-state index is 5.93. The fraction of sp³-hybridized carbons (Fsp3) is 0.333. The molecular weight excluding hydrogens is 195 g/mol. The first kappa shape index (κ1) is 8.21. The molecule has 1 heterocycles. The topological polar surface area (TPSA) is 9.23 Å². The van der Waals surface area contributed by atoms with Gasteiger partial charge in [0.25, 0.3) is 0 Å². The Morgan fingerprint density at radius 1 is 1.42 bits per heavy atom. The second-order valence-electron chi connectivity index (χ2n) is 3.01. The largest absolute Gasteiger partial charge is 0.489 e. The summed E-state index contributed by atoms with van der Waals surface area (Å²) in [4.78, 5) is 0. The van der Waals surface area contributed by atoms with Gasteiger partial charge in [-0.25, -0.2) is 0 Å². The van der Waals surface area contributed by atoms with Crippen LogP contribution in [0.3, 0.4) is 0 Å². The summed E-state index contributed by atoms with van der Waals surface area (Å²) < 4.78 is 5.50. The van der Waals surface area contributed by atoms with E-state index in [2.05, 4.69) is 0 Å². The Morgan fingerprint density at radius 3 is 2.92 bits per heavy atom. The molecule has 1 unspecified atom stereocenters. The van der Waals surface area contributed by atoms with E-state index in [1.54, 1.807) is 6.07 Å². The van der Waals surface area contributed by atoms with Gasteiger partial charge in [-0.15, -0.1) is 0 Å². The molecule has 0 saturated carbocycles. The molecule has 0 saturated heterocycles. The van der Waals surface area contributed by atoms with Crippen molar-refractivity contribution in [3.63, 3.8) is 0 Å². The van der Waals surface area contributed by atoms with E-state index >= 15 is 0 Å². The minimum Gasteiger partial charge on any atom is -0.489 e. The molecule has 1 aromatic rings. The lowest BCUT2D eigenvalue weighted by Crippen LogP contribution is -2.05. The molecule has 1 aromatic carbocycles. The molecule has 0 fully saturated rings. The molecule has 0 amide bonds. The minimum atomic E-state index is 0.218. The molecule has 0 radical (unpaired) electrons. The van der Waals surface area contributed by atoms with Crippen molar-refractivity contribution in [1.29, 1.82) is 0 Å². The second kappa shape index (κ2) is 2.82. The summed E-state index contributed by atoms with van der Waals surface area (Å²) in [6.07, 6.45) is 1.12. The molecule has 2 rings (SSSR count). The summed E-state index contributed by atoms with van der Waals surface area (Å²) in [6, 6.07) is 3.62. The summed E-state index contributed by atoms with van der Waals surface area (Å²) in [6.45, 7) is 2.02. The highest BCUT2D eigenvalue weighted by atomic mass is 35.5. The molecule has 0 bridgehead atoms. The number of hydrogen-bond donors (Lipinski definition) is 0. The van der Waals surface area contributed by atoms with Crippen LogP contribution in [0.2, 0.25) is 10.0 Å². The van der Waals surface area contributed by atoms with Crippen LogP contribution in [-0.4, -0.2) is 6.10 Å². The van der Waals surface area contributed by atoms with Crippen molar-refractivity contribution in [2.24, 2.45) is 0 Å². The summed E-state index contributed by atoms with van der Waals surface area (Å²) >= 11 is 11.8. The predicted octanol–water partition coefficient (Wildman–Crippen LogP) is 3.32. The highest BCUT2D eigenvalue weighted by Gasteiger charge is 2.21. The summed E-state index contributed by atoms with van der Waals surface area (Å²) in [5.74, 6) is 0.800. The average molecular weight is 203 g/mol. The highest BCUT2D eigenvalue weighted by Crippen LogP contribution is 2.37. The SMILES string of the molecule is CC1Cc2cc(Cl)cc(Cl)c2O1. The molecule has 1 aliphatic rings. The van der Waals surface area contributed by atoms with E-state index in [-0.39, 0.29) is 6.10 Å². The molecular formula is C9H8Cl2O. The Morgan fingerprint density at radius 2 is 2.17 bits per heavy atom. The maximum Gasteiger partial charge on any atom is 0.141 e. The number of halogens is 2. The minimum absolute atomic E-state index is 0.218. The normalized spacial score (nSPS) is 20.4. The second-order valence-corrected chi connectivity index (χ2v) is 3.85. The van der Waals surface area contributed by atoms with Gasteiger partial charge in [-0.1, -0.05) is 23.2 Å². The summed E-state index contributed by atoms with van der Waals surface area (Å²) in [7, 11) is 0. The van der Waals surface area contributed by atoms with Crippen molar-refractivity contribution in [3.05, 3.63) is 27.7 Å². The van der Waals surface area contributed by atoms with Gasteiger partial charge in [0, 0.05) is 17.0 Å². The van der Waals surface area contributed by atoms with E-state index in [0.717, 1.165) is 17.7 Å². The van der Waals surface area contributed by atoms with Crippen molar-refractivity contribution in [2.75, 3.05) is 0 Å². The van der Waals surface area contributed by atoms with Gasteiger partial charge < -0.3 is 4.74 Å². The Kier molecular flexibility index (Phi) is 1.93. The van der Waals surface area contributed by atoms with Crippen LogP contribution < -0.4 is 4.74 Å². The summed E-state index contributed by atoms with van der Waals surface area (Å²) in [5.41, 5.74) is 1.11. The van der Waals surface area contributed by atoms with Crippen LogP contribution in [0.25, 0.3) is 0 Å². The Balaban J connectivity index is 2.52. The van der Waals surface area contributed by atoms with Crippen LogP contribution in [-0.2, 0) is 6.42 Å². The van der Waals surface area contributed by atoms with Gasteiger partial charge in [-0.05, 0) is 19.1 Å². The molecule has 64 valence electrons. The van der Waals surface area contributed by atoms with Crippen molar-refractivity contribution in [3.8, 4) is 5.75 Å². The van der Waals surface area contributed by atoms with E-state index < -0.39 is 0 Å². The molecule has 0 aromatic heterocycles. The first-order chi connectivity index (χ1) is 5.66. The molecule has 0 aliphatic carbocycles. The molecule has 0 N–H and O–H groups in total. The van der Waals surface area contributed by atoms with E-state index in [0.29, 0.717) is 10.0 Å². The van der Waals surface area contributed by atoms with Gasteiger partial charge in [0.15, 0.2) is 0 Å². The van der Waals surface area contributed by atoms with Crippen LogP contribution in [0.1, 0.15) is 12.5 Å². The lowest BCUT2D eigenvalue weighted by atomic mass is 10.1. The van der Waals surface area contributed by atoms with Crippen molar-refractivity contribution < 1.29 is 4.74 Å². The zero-order valence-corrected chi connectivity index (χ0v) is 8.12. The summed E-state index contributed by atoms with van der Waals surface area (Å²) in [5, 5.41) is 1.29. The van der Waals surface area contributed by atoms with Crippen LogP contribution in [0, 0.1) is 0 Å². The third-order valence-electron chi connectivity index (χ3n) is 1.91. The van der Waals surface area contributed by atoms with E-state index in [1.807, 2.05) is 13.0 Å². The third-order valence-corrected chi connectivity index (χ3v) is 2.41. The fourth-order valence-corrected chi connectivity index (χ4v) is 2.03. The number of rotatable bonds is 0. The molecule has 3 heteroatoms. The molecule has 0 spiro atoms. The molecule has 1 atom stereocenters. The molecule has 1 nitrogen and oxygen atoms in total. The average Bonchev–Trinajstić information content (AvgIpc) is 2.29. The zero-order valence-electron chi connectivity index (χ0n) is 6.60. The van der Waals surface area contributed by atoms with Crippen molar-refractivity contribution in [2.45, 2.75) is 19.4 Å². The van der Waals surface area contributed by atoms with E-state index in [9.17, 15) is 0 Å². The molecule has 1 aliphatic heterocycles. The number of ether oxygens (including phenoxy) is 1. The lowest BCUT2D eigenvalue weighted by Gasteiger charge is -2.03. The Labute approximate surface area is 81.2 Å². The predicted molar refractivity (Wildman–Crippen MR) is 50.3 cm³/mol. The monoisotopic (exact) mass is 202 g/mol. The Bertz CT molecular complexity index is 323. The van der Waals surface area contributed by atoms with E-state index in [4.69, 9.17) is 27.9 Å². The van der Waals surface area contributed by atoms with E-state index in [1.165, 1.54) is 0 Å². The Hall–Kier alpha value is -0.400. The third kappa shape index (κ3) is 1.27. The quantitative estimate of drug-likeness (QED) is 0.628. The van der Waals surface area contributed by atoms with Gasteiger partial charge in [0.2, 0.25) is 0 Å². The van der Waals surface area contributed by atoms with Crippen LogP contribution in [0.5, 0.6) is 5.75 Å². The lowest BCUT2D eigenvalue weighted by molar-refractivity contribution is 0.255. The molecule has 12 heavy (non-hydrogen) atoms. The number of hydrogen-bond acceptors (Lipinski definition) is 1. The maximum atomic E-state index is 5.93. The van der Waals surface area contributed by atoms with Crippen molar-refractivity contribution in [1.82, 2.24) is 0 Å². The van der Waals surface area contributed by atoms with Gasteiger partial charge in [0.05, 0.1) is 5.02 Å². The number of fused-ring (bicyclic) bond motifs is 1. The smallest absolute Gasteiger partial charge is 0.141 e. The first-order valence-corrected chi connectivity index (χ1v) is 4.57. The van der Waals surface area contributed by atoms with Gasteiger partial charge in [-0.3, -0.25) is 0 Å². The fourth-order valence-electron chi connectivity index (χ4n) is 1.45. The zero-order chi connectivity index (χ0) is 8.72. The van der Waals surface area contributed by atoms with Crippen LogP contribution >= 0.6 is 23.2 Å². The van der Waals surface area contributed by atoms with Crippen LogP contribution in [0.4, 0.5) is 0 Å². The highest BCUT2D eigenvalue weighted by molar-refractivity contribution is 6.35.